The van der Waals surface area contributed by atoms with E-state index in [2.05, 4.69) is 41.9 Å². The molecular formula is C13H25N3. The van der Waals surface area contributed by atoms with Crippen LogP contribution in [0.5, 0.6) is 0 Å². The van der Waals surface area contributed by atoms with Gasteiger partial charge in [-0.3, -0.25) is 4.68 Å². The number of hydrogen-bond acceptors (Lipinski definition) is 2. The Hall–Kier alpha value is -0.830. The molecule has 0 aliphatic carbocycles. The van der Waals surface area contributed by atoms with Gasteiger partial charge >= 0.3 is 0 Å². The van der Waals surface area contributed by atoms with Crippen molar-refractivity contribution < 1.29 is 0 Å². The van der Waals surface area contributed by atoms with E-state index in [1.54, 1.807) is 0 Å². The second-order valence-electron chi connectivity index (χ2n) is 4.21. The summed E-state index contributed by atoms with van der Waals surface area (Å²) in [6.07, 6.45) is 4.73. The molecule has 0 saturated heterocycles. The zero-order valence-electron chi connectivity index (χ0n) is 11.1. The Morgan fingerprint density at radius 1 is 1.38 bits per heavy atom. The van der Waals surface area contributed by atoms with Gasteiger partial charge in [-0.2, -0.15) is 5.10 Å². The van der Waals surface area contributed by atoms with Crippen LogP contribution in [0.4, 0.5) is 0 Å². The maximum Gasteiger partial charge on any atom is 0.0625 e. The molecule has 0 saturated carbocycles. The Kier molecular flexibility index (Phi) is 5.53. The molecule has 0 amide bonds. The molecule has 0 aliphatic heterocycles. The largest absolute Gasteiger partial charge is 0.312 e. The summed E-state index contributed by atoms with van der Waals surface area (Å²) >= 11 is 0. The van der Waals surface area contributed by atoms with Crippen LogP contribution in [-0.4, -0.2) is 16.8 Å². The minimum atomic E-state index is 0.452. The molecule has 0 fully saturated rings. The predicted molar refractivity (Wildman–Crippen MR) is 68.6 cm³/mol. The number of nitrogens with one attached hydrogen (secondary N) is 1. The van der Waals surface area contributed by atoms with E-state index >= 15 is 0 Å². The zero-order valence-corrected chi connectivity index (χ0v) is 11.1. The molecule has 1 heterocycles. The molecule has 0 bridgehead atoms. The van der Waals surface area contributed by atoms with Crippen LogP contribution in [0.2, 0.25) is 0 Å². The number of rotatable bonds is 7. The van der Waals surface area contributed by atoms with Gasteiger partial charge < -0.3 is 5.32 Å². The number of hydrogen-bond donors (Lipinski definition) is 1. The van der Waals surface area contributed by atoms with Crippen molar-refractivity contribution in [3.05, 3.63) is 17.5 Å². The Bertz CT molecular complexity index is 304. The molecule has 1 unspecified atom stereocenters. The van der Waals surface area contributed by atoms with Crippen molar-refractivity contribution in [1.82, 2.24) is 15.1 Å². The molecule has 0 aromatic carbocycles. The third-order valence-electron chi connectivity index (χ3n) is 3.08. The third kappa shape index (κ3) is 3.08. The Morgan fingerprint density at radius 2 is 2.12 bits per heavy atom. The van der Waals surface area contributed by atoms with Gasteiger partial charge in [0.25, 0.3) is 0 Å². The summed E-state index contributed by atoms with van der Waals surface area (Å²) in [5.41, 5.74) is 2.55. The number of unbranched alkanes of at least 4 members (excludes halogenated alkanes) is 1. The van der Waals surface area contributed by atoms with Crippen molar-refractivity contribution in [1.29, 1.82) is 0 Å². The normalized spacial score (nSPS) is 13.0. The molecule has 0 radical (unpaired) electrons. The van der Waals surface area contributed by atoms with Crippen LogP contribution in [0.15, 0.2) is 6.07 Å². The Balaban J connectivity index is 2.84. The number of aromatic nitrogens is 2. The van der Waals surface area contributed by atoms with Crippen LogP contribution in [0.1, 0.15) is 57.5 Å². The highest BCUT2D eigenvalue weighted by atomic mass is 15.3. The van der Waals surface area contributed by atoms with Crippen molar-refractivity contribution in [3.63, 3.8) is 0 Å². The lowest BCUT2D eigenvalue weighted by atomic mass is 10.1. The molecule has 0 aliphatic rings. The average Bonchev–Trinajstić information content (AvgIpc) is 2.73. The van der Waals surface area contributed by atoms with Crippen LogP contribution >= 0.6 is 0 Å². The molecule has 1 aromatic heterocycles. The van der Waals surface area contributed by atoms with Crippen molar-refractivity contribution in [2.24, 2.45) is 0 Å². The minimum Gasteiger partial charge on any atom is -0.312 e. The molecule has 3 nitrogen and oxygen atoms in total. The fourth-order valence-corrected chi connectivity index (χ4v) is 2.04. The van der Waals surface area contributed by atoms with E-state index in [9.17, 15) is 0 Å². The van der Waals surface area contributed by atoms with Gasteiger partial charge in [-0.05, 0) is 32.9 Å². The monoisotopic (exact) mass is 223 g/mol. The van der Waals surface area contributed by atoms with Crippen molar-refractivity contribution in [2.75, 3.05) is 7.05 Å². The van der Waals surface area contributed by atoms with Crippen molar-refractivity contribution in [3.8, 4) is 0 Å². The van der Waals surface area contributed by atoms with E-state index in [1.807, 2.05) is 7.05 Å². The van der Waals surface area contributed by atoms with Gasteiger partial charge in [-0.1, -0.05) is 26.7 Å². The molecular weight excluding hydrogens is 198 g/mol. The van der Waals surface area contributed by atoms with Crippen LogP contribution in [0.25, 0.3) is 0 Å². The van der Waals surface area contributed by atoms with E-state index in [1.165, 1.54) is 30.7 Å². The maximum absolute atomic E-state index is 4.60. The second kappa shape index (κ2) is 6.69. The molecule has 1 rings (SSSR count). The number of nitrogens with zero attached hydrogens (tertiary/aromatic N) is 2. The summed E-state index contributed by atoms with van der Waals surface area (Å²) in [4.78, 5) is 0. The second-order valence-corrected chi connectivity index (χ2v) is 4.21. The Labute approximate surface area is 99.2 Å². The highest BCUT2D eigenvalue weighted by Crippen LogP contribution is 2.20. The van der Waals surface area contributed by atoms with Gasteiger partial charge in [0.15, 0.2) is 0 Å². The van der Waals surface area contributed by atoms with Gasteiger partial charge in [-0.25, -0.2) is 0 Å². The SMILES string of the molecule is CCCCC(NC)c1cc(CC)nn1CC. The molecule has 0 spiro atoms. The lowest BCUT2D eigenvalue weighted by molar-refractivity contribution is 0.473. The summed E-state index contributed by atoms with van der Waals surface area (Å²) in [5.74, 6) is 0. The fraction of sp³-hybridized carbons (Fsp3) is 0.769. The van der Waals surface area contributed by atoms with Gasteiger partial charge in [0.2, 0.25) is 0 Å². The summed E-state index contributed by atoms with van der Waals surface area (Å²) in [6.45, 7) is 7.51. The van der Waals surface area contributed by atoms with Crippen LogP contribution in [0, 0.1) is 0 Å². The van der Waals surface area contributed by atoms with Crippen molar-refractivity contribution >= 4 is 0 Å². The quantitative estimate of drug-likeness (QED) is 0.770. The van der Waals surface area contributed by atoms with Gasteiger partial charge in [0.05, 0.1) is 11.4 Å². The highest BCUT2D eigenvalue weighted by molar-refractivity contribution is 5.14. The topological polar surface area (TPSA) is 29.9 Å². The predicted octanol–water partition coefficient (Wildman–Crippen LogP) is 2.92. The van der Waals surface area contributed by atoms with Gasteiger partial charge in [-0.15, -0.1) is 0 Å². The zero-order chi connectivity index (χ0) is 12.0. The van der Waals surface area contributed by atoms with Gasteiger partial charge in [0.1, 0.15) is 0 Å². The first-order valence-electron chi connectivity index (χ1n) is 6.50. The molecule has 1 atom stereocenters. The first-order chi connectivity index (χ1) is 7.76. The summed E-state index contributed by atoms with van der Waals surface area (Å²) in [5, 5.41) is 8.01. The first kappa shape index (κ1) is 13.2. The molecule has 16 heavy (non-hydrogen) atoms. The van der Waals surface area contributed by atoms with Crippen LogP contribution < -0.4 is 5.32 Å². The van der Waals surface area contributed by atoms with E-state index in [-0.39, 0.29) is 0 Å². The van der Waals surface area contributed by atoms with Gasteiger partial charge in [0, 0.05) is 12.6 Å². The molecule has 1 N–H and O–H groups in total. The van der Waals surface area contributed by atoms with E-state index in [0.717, 1.165) is 13.0 Å². The molecule has 1 aromatic rings. The van der Waals surface area contributed by atoms with Crippen LogP contribution in [-0.2, 0) is 13.0 Å². The van der Waals surface area contributed by atoms with E-state index in [4.69, 9.17) is 0 Å². The average molecular weight is 223 g/mol. The van der Waals surface area contributed by atoms with Crippen molar-refractivity contribution in [2.45, 2.75) is 59.0 Å². The lowest BCUT2D eigenvalue weighted by Crippen LogP contribution is -2.20. The Morgan fingerprint density at radius 3 is 2.62 bits per heavy atom. The fourth-order valence-electron chi connectivity index (χ4n) is 2.04. The minimum absolute atomic E-state index is 0.452. The number of aryl methyl sites for hydroxylation is 2. The molecule has 92 valence electrons. The third-order valence-corrected chi connectivity index (χ3v) is 3.08. The smallest absolute Gasteiger partial charge is 0.0625 e. The highest BCUT2D eigenvalue weighted by Gasteiger charge is 2.15. The summed E-state index contributed by atoms with van der Waals surface area (Å²) in [7, 11) is 2.04. The van der Waals surface area contributed by atoms with Crippen LogP contribution in [0.3, 0.4) is 0 Å². The maximum atomic E-state index is 4.60. The lowest BCUT2D eigenvalue weighted by Gasteiger charge is -2.16. The summed E-state index contributed by atoms with van der Waals surface area (Å²) in [6, 6.07) is 2.70. The standard InChI is InChI=1S/C13H25N3/c1-5-8-9-12(14-4)13-10-11(6-2)15-16(13)7-3/h10,12,14H,5-9H2,1-4H3. The van der Waals surface area contributed by atoms with E-state index in [0.29, 0.717) is 6.04 Å². The summed E-state index contributed by atoms with van der Waals surface area (Å²) < 4.78 is 2.13. The first-order valence-corrected chi connectivity index (χ1v) is 6.50. The molecule has 3 heteroatoms. The van der Waals surface area contributed by atoms with E-state index < -0.39 is 0 Å².